The first-order valence-electron chi connectivity index (χ1n) is 6.28. The zero-order valence-corrected chi connectivity index (χ0v) is 13.8. The minimum atomic E-state index is 0.859. The number of halogens is 2. The third kappa shape index (κ3) is 2.15. The second kappa shape index (κ2) is 4.89. The van der Waals surface area contributed by atoms with Crippen LogP contribution in [0.15, 0.2) is 57.6 Å². The van der Waals surface area contributed by atoms with Crippen LogP contribution in [0.3, 0.4) is 0 Å². The maximum atomic E-state index is 4.40. The molecule has 2 aromatic carbocycles. The third-order valence-electron chi connectivity index (χ3n) is 3.32. The molecule has 0 aliphatic rings. The second-order valence-corrected chi connectivity index (χ2v) is 6.46. The molecule has 0 atom stereocenters. The highest BCUT2D eigenvalue weighted by Gasteiger charge is 2.10. The van der Waals surface area contributed by atoms with E-state index in [1.54, 1.807) is 6.20 Å². The van der Waals surface area contributed by atoms with Crippen LogP contribution in [0.1, 0.15) is 0 Å². The molecule has 21 heavy (non-hydrogen) atoms. The van der Waals surface area contributed by atoms with Gasteiger partial charge in [-0.25, -0.2) is 4.68 Å². The summed E-state index contributed by atoms with van der Waals surface area (Å²) >= 11 is 7.01. The summed E-state index contributed by atoms with van der Waals surface area (Å²) in [7, 11) is 0. The fourth-order valence-electron chi connectivity index (χ4n) is 2.36. The first-order chi connectivity index (χ1) is 10.2. The predicted molar refractivity (Wildman–Crippen MR) is 89.6 cm³/mol. The fraction of sp³-hybridized carbons (Fsp3) is 0. The van der Waals surface area contributed by atoms with Gasteiger partial charge in [-0.05, 0) is 42.5 Å². The van der Waals surface area contributed by atoms with Crippen molar-refractivity contribution >= 4 is 53.8 Å². The van der Waals surface area contributed by atoms with E-state index in [-0.39, 0.29) is 0 Å². The summed E-state index contributed by atoms with van der Waals surface area (Å²) in [5, 5.41) is 9.54. The van der Waals surface area contributed by atoms with Crippen molar-refractivity contribution in [2.45, 2.75) is 0 Å². The highest BCUT2D eigenvalue weighted by atomic mass is 79.9. The molecule has 0 aliphatic carbocycles. The molecule has 0 radical (unpaired) electrons. The molecular weight excluding hydrogens is 396 g/mol. The normalized spacial score (nSPS) is 11.3. The Morgan fingerprint density at radius 1 is 0.857 bits per heavy atom. The molecule has 4 aromatic rings. The van der Waals surface area contributed by atoms with Gasteiger partial charge in [0.05, 0.1) is 16.7 Å². The van der Waals surface area contributed by atoms with Gasteiger partial charge in [-0.2, -0.15) is 0 Å². The summed E-state index contributed by atoms with van der Waals surface area (Å²) in [6.45, 7) is 0. The number of fused-ring (bicyclic) bond motifs is 2. The van der Waals surface area contributed by atoms with Crippen LogP contribution in [0.25, 0.3) is 27.6 Å². The van der Waals surface area contributed by atoms with Crippen LogP contribution in [0.2, 0.25) is 0 Å². The fourth-order valence-corrected chi connectivity index (χ4v) is 3.07. The predicted octanol–water partition coefficient (Wildman–Crippen LogP) is 4.49. The third-order valence-corrected chi connectivity index (χ3v) is 4.30. The Morgan fingerprint density at radius 2 is 1.62 bits per heavy atom. The summed E-state index contributed by atoms with van der Waals surface area (Å²) in [5.41, 5.74) is 3.70. The number of nitrogens with zero attached hydrogens (tertiary/aromatic N) is 4. The molecule has 0 spiro atoms. The summed E-state index contributed by atoms with van der Waals surface area (Å²) in [4.78, 5) is 4.40. The van der Waals surface area contributed by atoms with Crippen LogP contribution in [0.4, 0.5) is 0 Å². The van der Waals surface area contributed by atoms with Crippen LogP contribution >= 0.6 is 31.9 Å². The van der Waals surface area contributed by atoms with Crippen LogP contribution in [0, 0.1) is 0 Å². The van der Waals surface area contributed by atoms with Gasteiger partial charge in [0.15, 0.2) is 0 Å². The van der Waals surface area contributed by atoms with Crippen molar-refractivity contribution in [1.29, 1.82) is 0 Å². The standard InChI is InChI=1S/C15H8Br2N4/c16-9-1-3-12-11(7-9)14(5-6-18-12)21-15-8-10(17)2-4-13(15)19-20-21/h1-8H. The number of hydrogen-bond acceptors (Lipinski definition) is 3. The van der Waals surface area contributed by atoms with Crippen LogP contribution in [-0.2, 0) is 0 Å². The van der Waals surface area contributed by atoms with Gasteiger partial charge in [-0.15, -0.1) is 5.10 Å². The molecule has 0 N–H and O–H groups in total. The molecule has 2 heterocycles. The zero-order chi connectivity index (χ0) is 14.4. The van der Waals surface area contributed by atoms with Gasteiger partial charge in [0.2, 0.25) is 0 Å². The smallest absolute Gasteiger partial charge is 0.113 e. The van der Waals surface area contributed by atoms with Gasteiger partial charge < -0.3 is 0 Å². The van der Waals surface area contributed by atoms with Crippen molar-refractivity contribution in [1.82, 2.24) is 20.0 Å². The van der Waals surface area contributed by atoms with Crippen molar-refractivity contribution < 1.29 is 0 Å². The van der Waals surface area contributed by atoms with E-state index in [1.807, 2.05) is 47.1 Å². The molecule has 0 bridgehead atoms. The quantitative estimate of drug-likeness (QED) is 0.470. The average Bonchev–Trinajstić information content (AvgIpc) is 2.89. The number of rotatable bonds is 1. The lowest BCUT2D eigenvalue weighted by atomic mass is 10.2. The zero-order valence-electron chi connectivity index (χ0n) is 10.7. The van der Waals surface area contributed by atoms with Gasteiger partial charge in [0.25, 0.3) is 0 Å². The summed E-state index contributed by atoms with van der Waals surface area (Å²) < 4.78 is 3.85. The van der Waals surface area contributed by atoms with Crippen LogP contribution in [0.5, 0.6) is 0 Å². The highest BCUT2D eigenvalue weighted by Crippen LogP contribution is 2.27. The van der Waals surface area contributed by atoms with E-state index in [4.69, 9.17) is 0 Å². The highest BCUT2D eigenvalue weighted by molar-refractivity contribution is 9.10. The molecule has 102 valence electrons. The Balaban J connectivity index is 2.09. The largest absolute Gasteiger partial charge is 0.256 e. The Bertz CT molecular complexity index is 978. The molecule has 0 aliphatic heterocycles. The van der Waals surface area contributed by atoms with Crippen molar-refractivity contribution in [2.75, 3.05) is 0 Å². The summed E-state index contributed by atoms with van der Waals surface area (Å²) in [6.07, 6.45) is 1.79. The van der Waals surface area contributed by atoms with Gasteiger partial charge >= 0.3 is 0 Å². The Labute approximate surface area is 137 Å². The second-order valence-electron chi connectivity index (χ2n) is 4.63. The van der Waals surface area contributed by atoms with E-state index in [0.29, 0.717) is 0 Å². The number of benzene rings is 2. The lowest BCUT2D eigenvalue weighted by Gasteiger charge is -2.07. The molecule has 0 amide bonds. The maximum Gasteiger partial charge on any atom is 0.113 e. The SMILES string of the molecule is Brc1ccc2nccc(-n3nnc4ccc(Br)cc43)c2c1. The Morgan fingerprint density at radius 3 is 2.48 bits per heavy atom. The van der Waals surface area contributed by atoms with Crippen LogP contribution in [-0.4, -0.2) is 20.0 Å². The van der Waals surface area contributed by atoms with Gasteiger partial charge in [0, 0.05) is 20.5 Å². The minimum Gasteiger partial charge on any atom is -0.256 e. The van der Waals surface area contributed by atoms with E-state index in [1.165, 1.54) is 0 Å². The van der Waals surface area contributed by atoms with Crippen LogP contribution < -0.4 is 0 Å². The van der Waals surface area contributed by atoms with Crippen molar-refractivity contribution in [3.05, 3.63) is 57.6 Å². The van der Waals surface area contributed by atoms with Gasteiger partial charge in [-0.1, -0.05) is 37.1 Å². The molecule has 0 saturated carbocycles. The molecular formula is C15H8Br2N4. The topological polar surface area (TPSA) is 43.6 Å². The molecule has 4 nitrogen and oxygen atoms in total. The van der Waals surface area contributed by atoms with E-state index >= 15 is 0 Å². The molecule has 0 saturated heterocycles. The molecule has 6 heteroatoms. The van der Waals surface area contributed by atoms with E-state index < -0.39 is 0 Å². The first kappa shape index (κ1) is 12.9. The lowest BCUT2D eigenvalue weighted by Crippen LogP contribution is -1.98. The molecule has 4 rings (SSSR count). The molecule has 2 aromatic heterocycles. The first-order valence-corrected chi connectivity index (χ1v) is 7.86. The molecule has 0 fully saturated rings. The number of hydrogen-bond donors (Lipinski definition) is 0. The lowest BCUT2D eigenvalue weighted by molar-refractivity contribution is 0.828. The monoisotopic (exact) mass is 402 g/mol. The minimum absolute atomic E-state index is 0.859. The van der Waals surface area contributed by atoms with Crippen molar-refractivity contribution in [3.8, 4) is 5.69 Å². The van der Waals surface area contributed by atoms with Gasteiger partial charge in [-0.3, -0.25) is 4.98 Å². The van der Waals surface area contributed by atoms with E-state index in [2.05, 4.69) is 47.2 Å². The van der Waals surface area contributed by atoms with Gasteiger partial charge in [0.1, 0.15) is 5.52 Å². The number of pyridine rings is 1. The molecule has 0 unspecified atom stereocenters. The summed E-state index contributed by atoms with van der Waals surface area (Å²) in [5.74, 6) is 0. The summed E-state index contributed by atoms with van der Waals surface area (Å²) in [6, 6.07) is 13.9. The van der Waals surface area contributed by atoms with E-state index in [0.717, 1.165) is 36.6 Å². The van der Waals surface area contributed by atoms with Crippen molar-refractivity contribution in [2.24, 2.45) is 0 Å². The Hall–Kier alpha value is -1.79. The Kier molecular flexibility index (Phi) is 3.01. The number of aromatic nitrogens is 4. The van der Waals surface area contributed by atoms with Crippen molar-refractivity contribution in [3.63, 3.8) is 0 Å². The average molecular weight is 404 g/mol. The van der Waals surface area contributed by atoms with E-state index in [9.17, 15) is 0 Å². The maximum absolute atomic E-state index is 4.40.